The molecule has 3 heteroatoms. The molecule has 106 valence electrons. The second kappa shape index (κ2) is 5.81. The molecule has 1 aliphatic rings. The van der Waals surface area contributed by atoms with E-state index in [4.69, 9.17) is 9.47 Å². The zero-order valence-electron chi connectivity index (χ0n) is 11.7. The van der Waals surface area contributed by atoms with Crippen molar-refractivity contribution in [3.05, 3.63) is 42.0 Å². The maximum Gasteiger partial charge on any atom is 0.189 e. The fourth-order valence-corrected chi connectivity index (χ4v) is 2.35. The van der Waals surface area contributed by atoms with Gasteiger partial charge in [-0.05, 0) is 31.1 Å². The molecule has 0 aromatic heterocycles. The largest absolute Gasteiger partial charge is 0.467 e. The summed E-state index contributed by atoms with van der Waals surface area (Å²) in [6, 6.07) is 12.0. The van der Waals surface area contributed by atoms with Crippen LogP contribution in [0, 0.1) is 5.92 Å². The van der Waals surface area contributed by atoms with E-state index in [1.54, 1.807) is 6.92 Å². The quantitative estimate of drug-likeness (QED) is 0.644. The lowest BCUT2D eigenvalue weighted by Crippen LogP contribution is -2.08. The van der Waals surface area contributed by atoms with Gasteiger partial charge in [0.15, 0.2) is 6.79 Å². The standard InChI is InChI=1S/C17H20O3/c1-12(18)15-9-8-14-4-2-3-5-16(14)17(15)20-11-19-10-13-6-7-13/h2-5,8-9,12-13,18H,6-7,10-11H2,1H3/t12-/m1/s1. The van der Waals surface area contributed by atoms with Gasteiger partial charge in [-0.3, -0.25) is 0 Å². The van der Waals surface area contributed by atoms with Gasteiger partial charge < -0.3 is 14.6 Å². The number of ether oxygens (including phenoxy) is 2. The number of rotatable bonds is 6. The average molecular weight is 272 g/mol. The summed E-state index contributed by atoms with van der Waals surface area (Å²) in [5.74, 6) is 1.45. The Labute approximate surface area is 119 Å². The van der Waals surface area contributed by atoms with Gasteiger partial charge >= 0.3 is 0 Å². The van der Waals surface area contributed by atoms with Crippen LogP contribution in [-0.4, -0.2) is 18.5 Å². The summed E-state index contributed by atoms with van der Waals surface area (Å²) < 4.78 is 11.3. The molecule has 2 aromatic carbocycles. The van der Waals surface area contributed by atoms with Crippen LogP contribution in [0.25, 0.3) is 10.8 Å². The van der Waals surface area contributed by atoms with Crippen LogP contribution in [0.5, 0.6) is 5.75 Å². The monoisotopic (exact) mass is 272 g/mol. The van der Waals surface area contributed by atoms with Crippen molar-refractivity contribution < 1.29 is 14.6 Å². The van der Waals surface area contributed by atoms with Crippen molar-refractivity contribution in [3.8, 4) is 5.75 Å². The van der Waals surface area contributed by atoms with E-state index in [9.17, 15) is 5.11 Å². The lowest BCUT2D eigenvalue weighted by Gasteiger charge is -2.16. The van der Waals surface area contributed by atoms with Crippen molar-refractivity contribution in [3.63, 3.8) is 0 Å². The Bertz CT molecular complexity index is 588. The van der Waals surface area contributed by atoms with E-state index in [0.717, 1.165) is 34.6 Å². The number of fused-ring (bicyclic) bond motifs is 1. The lowest BCUT2D eigenvalue weighted by atomic mass is 10.0. The summed E-state index contributed by atoms with van der Waals surface area (Å²) in [7, 11) is 0. The molecule has 0 aliphatic heterocycles. The molecule has 0 amide bonds. The van der Waals surface area contributed by atoms with Gasteiger partial charge in [0, 0.05) is 10.9 Å². The van der Waals surface area contributed by atoms with E-state index in [1.165, 1.54) is 12.8 Å². The summed E-state index contributed by atoms with van der Waals surface area (Å²) in [5, 5.41) is 12.0. The minimum absolute atomic E-state index is 0.240. The van der Waals surface area contributed by atoms with Crippen molar-refractivity contribution in [1.29, 1.82) is 0 Å². The molecule has 0 radical (unpaired) electrons. The topological polar surface area (TPSA) is 38.7 Å². The van der Waals surface area contributed by atoms with Crippen LogP contribution in [0.15, 0.2) is 36.4 Å². The summed E-state index contributed by atoms with van der Waals surface area (Å²) in [5.41, 5.74) is 0.804. The molecular weight excluding hydrogens is 252 g/mol. The third kappa shape index (κ3) is 2.94. The normalized spacial score (nSPS) is 16.3. The summed E-state index contributed by atoms with van der Waals surface area (Å²) in [6.45, 7) is 2.76. The van der Waals surface area contributed by atoms with E-state index in [0.29, 0.717) is 0 Å². The highest BCUT2D eigenvalue weighted by atomic mass is 16.7. The molecule has 1 atom stereocenters. The third-order valence-corrected chi connectivity index (χ3v) is 3.70. The van der Waals surface area contributed by atoms with Crippen molar-refractivity contribution in [2.45, 2.75) is 25.9 Å². The lowest BCUT2D eigenvalue weighted by molar-refractivity contribution is 0.00921. The number of aliphatic hydroxyl groups is 1. The molecule has 1 fully saturated rings. The minimum Gasteiger partial charge on any atom is -0.467 e. The van der Waals surface area contributed by atoms with Crippen LogP contribution in [0.3, 0.4) is 0 Å². The molecule has 3 rings (SSSR count). The van der Waals surface area contributed by atoms with E-state index >= 15 is 0 Å². The fraction of sp³-hybridized carbons (Fsp3) is 0.412. The molecule has 0 unspecified atom stereocenters. The molecule has 1 N–H and O–H groups in total. The summed E-state index contributed by atoms with van der Waals surface area (Å²) in [4.78, 5) is 0. The molecule has 20 heavy (non-hydrogen) atoms. The molecule has 3 nitrogen and oxygen atoms in total. The van der Waals surface area contributed by atoms with Crippen LogP contribution in [-0.2, 0) is 4.74 Å². The maximum atomic E-state index is 9.90. The fourth-order valence-electron chi connectivity index (χ4n) is 2.35. The Morgan fingerprint density at radius 3 is 2.75 bits per heavy atom. The average Bonchev–Trinajstić information content (AvgIpc) is 3.27. The number of benzene rings is 2. The predicted octanol–water partition coefficient (Wildman–Crippen LogP) is 3.66. The van der Waals surface area contributed by atoms with Gasteiger partial charge in [-0.25, -0.2) is 0 Å². The molecule has 1 saturated carbocycles. The number of hydrogen-bond donors (Lipinski definition) is 1. The van der Waals surface area contributed by atoms with Crippen LogP contribution >= 0.6 is 0 Å². The molecule has 0 spiro atoms. The van der Waals surface area contributed by atoms with Gasteiger partial charge in [0.05, 0.1) is 12.7 Å². The van der Waals surface area contributed by atoms with Gasteiger partial charge in [-0.2, -0.15) is 0 Å². The first-order chi connectivity index (χ1) is 9.75. The highest BCUT2D eigenvalue weighted by Gasteiger charge is 2.21. The van der Waals surface area contributed by atoms with Crippen LogP contribution in [0.4, 0.5) is 0 Å². The van der Waals surface area contributed by atoms with Crippen molar-refractivity contribution in [1.82, 2.24) is 0 Å². The third-order valence-electron chi connectivity index (χ3n) is 3.70. The summed E-state index contributed by atoms with van der Waals surface area (Å²) >= 11 is 0. The van der Waals surface area contributed by atoms with Crippen LogP contribution in [0.2, 0.25) is 0 Å². The molecule has 0 bridgehead atoms. The number of hydrogen-bond acceptors (Lipinski definition) is 3. The Balaban J connectivity index is 1.82. The molecule has 0 saturated heterocycles. The van der Waals surface area contributed by atoms with Crippen molar-refractivity contribution in [2.24, 2.45) is 5.92 Å². The van der Waals surface area contributed by atoms with E-state index in [1.807, 2.05) is 36.4 Å². The predicted molar refractivity (Wildman–Crippen MR) is 78.8 cm³/mol. The van der Waals surface area contributed by atoms with E-state index in [-0.39, 0.29) is 6.79 Å². The Kier molecular flexibility index (Phi) is 3.90. The zero-order valence-corrected chi connectivity index (χ0v) is 11.7. The van der Waals surface area contributed by atoms with Gasteiger partial charge in [-0.15, -0.1) is 0 Å². The summed E-state index contributed by atoms with van der Waals surface area (Å²) in [6.07, 6.45) is 1.98. The smallest absolute Gasteiger partial charge is 0.189 e. The second-order valence-corrected chi connectivity index (χ2v) is 5.46. The van der Waals surface area contributed by atoms with Gasteiger partial charge in [-0.1, -0.05) is 36.4 Å². The SMILES string of the molecule is C[C@@H](O)c1ccc2ccccc2c1OCOCC1CC1. The first-order valence-electron chi connectivity index (χ1n) is 7.16. The second-order valence-electron chi connectivity index (χ2n) is 5.46. The Morgan fingerprint density at radius 1 is 1.20 bits per heavy atom. The first kappa shape index (κ1) is 13.4. The van der Waals surface area contributed by atoms with E-state index in [2.05, 4.69) is 0 Å². The van der Waals surface area contributed by atoms with Crippen LogP contribution in [0.1, 0.15) is 31.4 Å². The zero-order chi connectivity index (χ0) is 13.9. The highest BCUT2D eigenvalue weighted by molar-refractivity contribution is 5.89. The Morgan fingerprint density at radius 2 is 2.00 bits per heavy atom. The molecular formula is C17H20O3. The van der Waals surface area contributed by atoms with Gasteiger partial charge in [0.1, 0.15) is 5.75 Å². The van der Waals surface area contributed by atoms with Crippen molar-refractivity contribution in [2.75, 3.05) is 13.4 Å². The van der Waals surface area contributed by atoms with Gasteiger partial charge in [0.2, 0.25) is 0 Å². The first-order valence-corrected chi connectivity index (χ1v) is 7.16. The van der Waals surface area contributed by atoms with Gasteiger partial charge in [0.25, 0.3) is 0 Å². The molecule has 2 aromatic rings. The maximum absolute atomic E-state index is 9.90. The van der Waals surface area contributed by atoms with Crippen molar-refractivity contribution >= 4 is 10.8 Å². The molecule has 0 heterocycles. The highest BCUT2D eigenvalue weighted by Crippen LogP contribution is 2.34. The van der Waals surface area contributed by atoms with E-state index < -0.39 is 6.10 Å². The number of aliphatic hydroxyl groups excluding tert-OH is 1. The molecule has 1 aliphatic carbocycles. The minimum atomic E-state index is -0.557. The van der Waals surface area contributed by atoms with Crippen LogP contribution < -0.4 is 4.74 Å². The Hall–Kier alpha value is -1.58.